The van der Waals surface area contributed by atoms with E-state index in [-0.39, 0.29) is 24.1 Å². The molecule has 1 atom stereocenters. The highest BCUT2D eigenvalue weighted by Gasteiger charge is 2.38. The fourth-order valence-electron chi connectivity index (χ4n) is 3.68. The molecular weight excluding hydrogens is 336 g/mol. The van der Waals surface area contributed by atoms with Crippen LogP contribution in [-0.2, 0) is 16.1 Å². The zero-order valence-corrected chi connectivity index (χ0v) is 14.5. The number of cyclic esters (lactones) is 1. The highest BCUT2D eigenvalue weighted by atomic mass is 16.6. The first kappa shape index (κ1) is 16.7. The van der Waals surface area contributed by atoms with E-state index >= 15 is 0 Å². The molecule has 3 heterocycles. The van der Waals surface area contributed by atoms with Crippen molar-refractivity contribution < 1.29 is 19.1 Å². The van der Waals surface area contributed by atoms with Gasteiger partial charge in [-0.2, -0.15) is 0 Å². The third kappa shape index (κ3) is 3.18. The van der Waals surface area contributed by atoms with Gasteiger partial charge >= 0.3 is 12.1 Å². The molecule has 0 radical (unpaired) electrons. The molecule has 138 valence electrons. The van der Waals surface area contributed by atoms with Gasteiger partial charge in [0, 0.05) is 44.8 Å². The van der Waals surface area contributed by atoms with Gasteiger partial charge in [0.1, 0.15) is 6.61 Å². The number of amides is 4. The maximum absolute atomic E-state index is 12.4. The largest absolute Gasteiger partial charge is 0.447 e. The Morgan fingerprint density at radius 1 is 1.15 bits per heavy atom. The second kappa shape index (κ2) is 6.86. The molecule has 3 saturated heterocycles. The van der Waals surface area contributed by atoms with Crippen LogP contribution in [0.25, 0.3) is 0 Å². The summed E-state index contributed by atoms with van der Waals surface area (Å²) in [4.78, 5) is 40.9. The molecule has 1 N–H and O–H groups in total. The van der Waals surface area contributed by atoms with Crippen LogP contribution in [-0.4, -0.2) is 66.7 Å². The zero-order valence-electron chi connectivity index (χ0n) is 14.5. The molecule has 0 bridgehead atoms. The maximum Gasteiger partial charge on any atom is 0.410 e. The van der Waals surface area contributed by atoms with Gasteiger partial charge in [-0.3, -0.25) is 9.69 Å². The highest BCUT2D eigenvalue weighted by Crippen LogP contribution is 2.22. The number of nitrogens with one attached hydrogen (secondary N) is 1. The summed E-state index contributed by atoms with van der Waals surface area (Å²) in [6.45, 7) is 3.05. The van der Waals surface area contributed by atoms with E-state index in [0.717, 1.165) is 24.2 Å². The second-order valence-electron chi connectivity index (χ2n) is 6.84. The predicted molar refractivity (Wildman–Crippen MR) is 93.7 cm³/mol. The first-order chi connectivity index (χ1) is 12.6. The molecule has 8 nitrogen and oxygen atoms in total. The van der Waals surface area contributed by atoms with Gasteiger partial charge in [-0.15, -0.1) is 0 Å². The smallest absolute Gasteiger partial charge is 0.410 e. The number of carbonyl (C=O) groups excluding carboxylic acids is 3. The lowest BCUT2D eigenvalue weighted by Crippen LogP contribution is -2.55. The standard InChI is InChI=1S/C18H22N4O4/c23-16-2-1-7-21(16)14-5-3-13(4-6-14)10-19-17(24)20-8-9-22-15(11-20)12-26-18(22)25/h3-6,15H,1-2,7-12H2,(H,19,24). The van der Waals surface area contributed by atoms with Crippen molar-refractivity contribution in [2.24, 2.45) is 0 Å². The molecule has 3 aliphatic rings. The molecule has 1 aromatic rings. The molecule has 8 heteroatoms. The van der Waals surface area contributed by atoms with Gasteiger partial charge in [-0.05, 0) is 24.1 Å². The van der Waals surface area contributed by atoms with Crippen LogP contribution < -0.4 is 10.2 Å². The monoisotopic (exact) mass is 358 g/mol. The van der Waals surface area contributed by atoms with Gasteiger partial charge in [0.2, 0.25) is 5.91 Å². The van der Waals surface area contributed by atoms with E-state index in [1.165, 1.54) is 0 Å². The molecule has 1 aromatic carbocycles. The summed E-state index contributed by atoms with van der Waals surface area (Å²) < 4.78 is 5.02. The summed E-state index contributed by atoms with van der Waals surface area (Å²) in [5.41, 5.74) is 1.89. The van der Waals surface area contributed by atoms with Crippen molar-refractivity contribution in [2.45, 2.75) is 25.4 Å². The number of urea groups is 1. The Hall–Kier alpha value is -2.77. The molecule has 4 amide bonds. The number of ether oxygens (including phenoxy) is 1. The van der Waals surface area contributed by atoms with Gasteiger partial charge in [0.15, 0.2) is 0 Å². The Kier molecular flexibility index (Phi) is 4.40. The van der Waals surface area contributed by atoms with Crippen LogP contribution in [0.4, 0.5) is 15.3 Å². The average Bonchev–Trinajstić information content (AvgIpc) is 3.26. The van der Waals surface area contributed by atoms with Crippen molar-refractivity contribution in [3.05, 3.63) is 29.8 Å². The number of fused-ring (bicyclic) bond motifs is 1. The van der Waals surface area contributed by atoms with Crippen LogP contribution in [0.15, 0.2) is 24.3 Å². The average molecular weight is 358 g/mol. The summed E-state index contributed by atoms with van der Waals surface area (Å²) >= 11 is 0. The van der Waals surface area contributed by atoms with Crippen molar-refractivity contribution in [3.8, 4) is 0 Å². The summed E-state index contributed by atoms with van der Waals surface area (Å²) in [7, 11) is 0. The number of rotatable bonds is 3. The number of hydrogen-bond donors (Lipinski definition) is 1. The zero-order chi connectivity index (χ0) is 18.1. The fraction of sp³-hybridized carbons (Fsp3) is 0.500. The van der Waals surface area contributed by atoms with E-state index in [2.05, 4.69) is 5.32 Å². The fourth-order valence-corrected chi connectivity index (χ4v) is 3.68. The van der Waals surface area contributed by atoms with Crippen LogP contribution in [0.5, 0.6) is 0 Å². The van der Waals surface area contributed by atoms with Crippen molar-refractivity contribution in [3.63, 3.8) is 0 Å². The Labute approximate surface area is 151 Å². The summed E-state index contributed by atoms with van der Waals surface area (Å²) in [6.07, 6.45) is 1.23. The Balaban J connectivity index is 1.29. The van der Waals surface area contributed by atoms with Gasteiger partial charge < -0.3 is 19.9 Å². The third-order valence-corrected chi connectivity index (χ3v) is 5.17. The van der Waals surface area contributed by atoms with Crippen molar-refractivity contribution in [2.75, 3.05) is 37.7 Å². The molecule has 26 heavy (non-hydrogen) atoms. The van der Waals surface area contributed by atoms with Gasteiger partial charge in [0.25, 0.3) is 0 Å². The van der Waals surface area contributed by atoms with Crippen molar-refractivity contribution in [1.82, 2.24) is 15.1 Å². The molecule has 4 rings (SSSR count). The lowest BCUT2D eigenvalue weighted by atomic mass is 10.2. The predicted octanol–water partition coefficient (Wildman–Crippen LogP) is 1.16. The Bertz CT molecular complexity index is 720. The van der Waals surface area contributed by atoms with Gasteiger partial charge in [-0.25, -0.2) is 9.59 Å². The lowest BCUT2D eigenvalue weighted by Gasteiger charge is -2.35. The van der Waals surface area contributed by atoms with Crippen LogP contribution >= 0.6 is 0 Å². The summed E-state index contributed by atoms with van der Waals surface area (Å²) in [5, 5.41) is 2.92. The lowest BCUT2D eigenvalue weighted by molar-refractivity contribution is -0.117. The van der Waals surface area contributed by atoms with E-state index in [4.69, 9.17) is 4.74 Å². The molecule has 0 aromatic heterocycles. The summed E-state index contributed by atoms with van der Waals surface area (Å²) in [5.74, 6) is 0.166. The van der Waals surface area contributed by atoms with Gasteiger partial charge in [-0.1, -0.05) is 12.1 Å². The normalized spacial score (nSPS) is 22.5. The molecule has 1 unspecified atom stereocenters. The SMILES string of the molecule is O=C(NCc1ccc(N2CCCC2=O)cc1)N1CCN2C(=O)OCC2C1. The first-order valence-electron chi connectivity index (χ1n) is 8.97. The Morgan fingerprint density at radius 2 is 1.96 bits per heavy atom. The Morgan fingerprint density at radius 3 is 2.69 bits per heavy atom. The molecule has 3 fully saturated rings. The van der Waals surface area contributed by atoms with E-state index in [1.54, 1.807) is 14.7 Å². The molecule has 0 aliphatic carbocycles. The second-order valence-corrected chi connectivity index (χ2v) is 6.84. The molecule has 0 spiro atoms. The minimum atomic E-state index is -0.286. The van der Waals surface area contributed by atoms with E-state index in [1.807, 2.05) is 24.3 Å². The van der Waals surface area contributed by atoms with Crippen molar-refractivity contribution in [1.29, 1.82) is 0 Å². The topological polar surface area (TPSA) is 82.2 Å². The summed E-state index contributed by atoms with van der Waals surface area (Å²) in [6, 6.07) is 7.53. The van der Waals surface area contributed by atoms with Crippen molar-refractivity contribution >= 4 is 23.7 Å². The number of carbonyl (C=O) groups is 3. The van der Waals surface area contributed by atoms with Crippen LogP contribution in [0.2, 0.25) is 0 Å². The first-order valence-corrected chi connectivity index (χ1v) is 8.97. The minimum Gasteiger partial charge on any atom is -0.447 e. The van der Waals surface area contributed by atoms with Crippen LogP contribution in [0.1, 0.15) is 18.4 Å². The van der Waals surface area contributed by atoms with E-state index < -0.39 is 0 Å². The van der Waals surface area contributed by atoms with E-state index in [9.17, 15) is 14.4 Å². The number of hydrogen-bond acceptors (Lipinski definition) is 4. The third-order valence-electron chi connectivity index (χ3n) is 5.17. The number of piperazine rings is 1. The maximum atomic E-state index is 12.4. The minimum absolute atomic E-state index is 0.0423. The number of nitrogens with zero attached hydrogens (tertiary/aromatic N) is 3. The van der Waals surface area contributed by atoms with Crippen LogP contribution in [0, 0.1) is 0 Å². The molecule has 3 aliphatic heterocycles. The van der Waals surface area contributed by atoms with E-state index in [0.29, 0.717) is 39.2 Å². The number of anilines is 1. The molecular formula is C18H22N4O4. The van der Waals surface area contributed by atoms with Gasteiger partial charge in [0.05, 0.1) is 6.04 Å². The number of benzene rings is 1. The highest BCUT2D eigenvalue weighted by molar-refractivity contribution is 5.95. The molecule has 0 saturated carbocycles. The van der Waals surface area contributed by atoms with Crippen LogP contribution in [0.3, 0.4) is 0 Å². The quantitative estimate of drug-likeness (QED) is 0.879.